The smallest absolute Gasteiger partial charge is 0.449 e. The molecule has 1 fully saturated rings. The van der Waals surface area contributed by atoms with Crippen LogP contribution in [-0.2, 0) is 32.0 Å². The molecule has 3 aromatic rings. The number of hydrogen-bond donors (Lipinski definition) is 4. The summed E-state index contributed by atoms with van der Waals surface area (Å²) in [5.74, 6) is -1.54. The van der Waals surface area contributed by atoms with E-state index in [9.17, 15) is 27.6 Å². The van der Waals surface area contributed by atoms with E-state index in [4.69, 9.17) is 27.8 Å². The first-order valence-electron chi connectivity index (χ1n) is 16.7. The molecule has 1 unspecified atom stereocenters. The van der Waals surface area contributed by atoms with E-state index in [2.05, 4.69) is 49.3 Å². The number of nitrogens with one attached hydrogen (secondary N) is 2. The Labute approximate surface area is 315 Å². The van der Waals surface area contributed by atoms with Gasteiger partial charge in [-0.2, -0.15) is 0 Å². The molecule has 0 saturated carbocycles. The molecule has 0 bridgehead atoms. The maximum atomic E-state index is 12.7. The molecule has 53 heavy (non-hydrogen) atoms. The van der Waals surface area contributed by atoms with E-state index in [0.29, 0.717) is 52.5 Å². The van der Waals surface area contributed by atoms with E-state index in [1.807, 2.05) is 0 Å². The number of nitrogens with zero attached hydrogens (tertiary/aromatic N) is 4. The molecule has 2 aromatic carbocycles. The third-order valence-corrected chi connectivity index (χ3v) is 8.82. The Morgan fingerprint density at radius 3 is 2.47 bits per heavy atom. The quantitative estimate of drug-likeness (QED) is 0.0883. The molecule has 2 amide bonds. The molecule has 13 nitrogen and oxygen atoms in total. The molecule has 1 aliphatic heterocycles. The van der Waals surface area contributed by atoms with Crippen molar-refractivity contribution in [3.8, 4) is 5.75 Å². The van der Waals surface area contributed by atoms with Crippen LogP contribution in [0, 0.1) is 0 Å². The monoisotopic (exact) mass is 780 g/mol. The number of aryl methyl sites for hydroxylation is 1. The summed E-state index contributed by atoms with van der Waals surface area (Å²) in [4.78, 5) is 40.7. The predicted octanol–water partition coefficient (Wildman–Crippen LogP) is 4.91. The molecule has 1 atom stereocenters. The van der Waals surface area contributed by atoms with Crippen molar-refractivity contribution in [1.29, 1.82) is 0 Å². The molecule has 18 heteroatoms. The molecule has 2 heterocycles. The number of amides is 2. The highest BCUT2D eigenvalue weighted by Gasteiger charge is 2.31. The van der Waals surface area contributed by atoms with E-state index in [1.54, 1.807) is 24.3 Å². The van der Waals surface area contributed by atoms with Gasteiger partial charge >= 0.3 is 6.36 Å². The van der Waals surface area contributed by atoms with Crippen molar-refractivity contribution in [3.05, 3.63) is 93.4 Å². The average Bonchev–Trinajstić information content (AvgIpc) is 3.55. The van der Waals surface area contributed by atoms with Crippen molar-refractivity contribution in [2.75, 3.05) is 45.1 Å². The van der Waals surface area contributed by atoms with E-state index in [0.717, 1.165) is 12.1 Å². The minimum Gasteiger partial charge on any atom is -0.449 e. The number of likely N-dealkylation sites (N-methyl/N-ethyl adjacent to an activating group) is 2. The first-order valence-corrected chi connectivity index (χ1v) is 17.9. The van der Waals surface area contributed by atoms with Gasteiger partial charge in [0.15, 0.2) is 0 Å². The summed E-state index contributed by atoms with van der Waals surface area (Å²) in [5, 5.41) is 14.4. The second-order valence-electron chi connectivity index (χ2n) is 11.9. The largest absolute Gasteiger partial charge is 0.573 e. The van der Waals surface area contributed by atoms with Crippen LogP contribution in [0.4, 0.5) is 18.3 Å². The van der Waals surface area contributed by atoms with Gasteiger partial charge in [-0.3, -0.25) is 19.7 Å². The summed E-state index contributed by atoms with van der Waals surface area (Å²) >= 11 is 7.15. The molecule has 4 rings (SSSR count). The Bertz CT molecular complexity index is 1700. The minimum absolute atomic E-state index is 0.0141. The highest BCUT2D eigenvalue weighted by Crippen LogP contribution is 2.25. The number of anilines is 1. The summed E-state index contributed by atoms with van der Waals surface area (Å²) < 4.78 is 46.0. The molecule has 0 aliphatic carbocycles. The second-order valence-corrected chi connectivity index (χ2v) is 13.4. The Morgan fingerprint density at radius 2 is 1.79 bits per heavy atom. The van der Waals surface area contributed by atoms with Crippen LogP contribution in [0.3, 0.4) is 0 Å². The van der Waals surface area contributed by atoms with Gasteiger partial charge in [0.05, 0.1) is 6.42 Å². The number of piperazine rings is 1. The van der Waals surface area contributed by atoms with Crippen molar-refractivity contribution in [3.63, 3.8) is 0 Å². The van der Waals surface area contributed by atoms with Crippen LogP contribution in [0.2, 0.25) is 5.02 Å². The number of ether oxygens (including phenoxy) is 2. The maximum Gasteiger partial charge on any atom is 0.573 e. The van der Waals surface area contributed by atoms with Gasteiger partial charge in [-0.15, -0.1) is 23.4 Å². The van der Waals surface area contributed by atoms with E-state index >= 15 is 0 Å². The SMILES string of the molecule is CCN1CCN(C)CC1.N/C(=C\C=C(/N)NC(=O)Cc1cccc(OC(F)(F)F)c1)CCCCc1nnc(NC(=O)C(OC=O)c2cccc(Cl)c2)s1. The van der Waals surface area contributed by atoms with Crippen LogP contribution in [0.5, 0.6) is 5.75 Å². The van der Waals surface area contributed by atoms with Crippen molar-refractivity contribution in [2.45, 2.75) is 51.5 Å². The lowest BCUT2D eigenvalue weighted by molar-refractivity contribution is -0.274. The highest BCUT2D eigenvalue weighted by atomic mass is 35.5. The fourth-order valence-electron chi connectivity index (χ4n) is 4.93. The normalized spacial score (nSPS) is 14.8. The van der Waals surface area contributed by atoms with Crippen LogP contribution >= 0.6 is 22.9 Å². The molecule has 6 N–H and O–H groups in total. The fourth-order valence-corrected chi connectivity index (χ4v) is 5.91. The number of allylic oxidation sites excluding steroid dienone is 3. The summed E-state index contributed by atoms with van der Waals surface area (Å²) in [6.07, 6.45) is -0.779. The lowest BCUT2D eigenvalue weighted by Gasteiger charge is -2.31. The molecule has 1 saturated heterocycles. The Morgan fingerprint density at radius 1 is 1.06 bits per heavy atom. The molecule has 0 radical (unpaired) electrons. The number of unbranched alkanes of at least 4 members (excludes halogenated alkanes) is 1. The summed E-state index contributed by atoms with van der Waals surface area (Å²) in [6.45, 7) is 8.63. The second kappa shape index (κ2) is 21.7. The summed E-state index contributed by atoms with van der Waals surface area (Å²) in [6, 6.07) is 11.5. The van der Waals surface area contributed by atoms with Gasteiger partial charge in [0, 0.05) is 48.9 Å². The molecule has 1 aliphatic rings. The maximum absolute atomic E-state index is 12.7. The Hall–Kier alpha value is -4.71. The minimum atomic E-state index is -4.83. The molecular weight excluding hydrogens is 737 g/mol. The molecule has 288 valence electrons. The number of hydrogen-bond acceptors (Lipinski definition) is 12. The highest BCUT2D eigenvalue weighted by molar-refractivity contribution is 7.15. The lowest BCUT2D eigenvalue weighted by Crippen LogP contribution is -2.44. The van der Waals surface area contributed by atoms with Crippen LogP contribution in [0.15, 0.2) is 72.2 Å². The van der Waals surface area contributed by atoms with Crippen molar-refractivity contribution in [2.24, 2.45) is 11.5 Å². The van der Waals surface area contributed by atoms with Gasteiger partial charge in [0.1, 0.15) is 16.6 Å². The van der Waals surface area contributed by atoms with Gasteiger partial charge in [-0.05, 0) is 74.8 Å². The summed E-state index contributed by atoms with van der Waals surface area (Å²) in [5.41, 5.74) is 13.1. The van der Waals surface area contributed by atoms with E-state index in [-0.39, 0.29) is 23.8 Å². The zero-order valence-electron chi connectivity index (χ0n) is 29.4. The number of rotatable bonds is 16. The van der Waals surface area contributed by atoms with E-state index in [1.165, 1.54) is 68.3 Å². The van der Waals surface area contributed by atoms with Gasteiger partial charge in [-0.25, -0.2) is 0 Å². The predicted molar refractivity (Wildman–Crippen MR) is 197 cm³/mol. The van der Waals surface area contributed by atoms with Crippen LogP contribution in [0.1, 0.15) is 48.4 Å². The topological polar surface area (TPSA) is 178 Å². The van der Waals surface area contributed by atoms with Crippen LogP contribution in [0.25, 0.3) is 0 Å². The van der Waals surface area contributed by atoms with Crippen molar-refractivity contribution in [1.82, 2.24) is 25.3 Å². The van der Waals surface area contributed by atoms with Crippen molar-refractivity contribution < 1.29 is 37.0 Å². The standard InChI is InChI=1S/C28H28ClF3N6O5S.C7H16N2/c29-19-7-4-6-18(15-19)25(42-16-39)26(41)36-27-38-37-24(44-27)10-2-1-8-20(33)11-12-22(34)35-23(40)14-17-5-3-9-21(13-17)43-28(30,31)32;1-3-9-6-4-8(2)5-7-9/h3-7,9,11-13,15-16,25H,1-2,8,10,14,33-34H2,(H,35,40)(H,36,38,41);3-7H2,1-2H3/b20-11-,22-12+;. The first kappa shape index (κ1) is 42.7. The number of halogens is 4. The number of carbonyl (C=O) groups is 3. The number of carbonyl (C=O) groups excluding carboxylic acids is 3. The zero-order valence-corrected chi connectivity index (χ0v) is 31.0. The zero-order chi connectivity index (χ0) is 38.8. The number of benzene rings is 2. The van der Waals surface area contributed by atoms with Gasteiger partial charge in [-0.1, -0.05) is 54.1 Å². The average molecular weight is 781 g/mol. The number of nitrogens with two attached hydrogens (primary N) is 2. The van der Waals surface area contributed by atoms with E-state index < -0.39 is 30.0 Å². The number of aromatic nitrogens is 2. The third-order valence-electron chi connectivity index (χ3n) is 7.68. The Balaban J connectivity index is 0.000000731. The summed E-state index contributed by atoms with van der Waals surface area (Å²) in [7, 11) is 2.19. The fraction of sp³-hybridized carbons (Fsp3) is 0.400. The lowest BCUT2D eigenvalue weighted by atomic mass is 10.1. The van der Waals surface area contributed by atoms with Crippen LogP contribution < -0.4 is 26.8 Å². The van der Waals surface area contributed by atoms with Gasteiger partial charge in [0.2, 0.25) is 17.1 Å². The third kappa shape index (κ3) is 16.7. The molecule has 1 aromatic heterocycles. The molecule has 0 spiro atoms. The van der Waals surface area contributed by atoms with Crippen LogP contribution in [-0.4, -0.2) is 84.4 Å². The Kier molecular flexibility index (Phi) is 17.5. The first-order chi connectivity index (χ1) is 25.2. The number of alkyl halides is 3. The van der Waals surface area contributed by atoms with Gasteiger partial charge < -0.3 is 36.1 Å². The van der Waals surface area contributed by atoms with Gasteiger partial charge in [0.25, 0.3) is 12.4 Å². The molecular formula is C35H44ClF3N8O5S. The van der Waals surface area contributed by atoms with Crippen molar-refractivity contribution >= 4 is 46.4 Å².